The van der Waals surface area contributed by atoms with E-state index in [2.05, 4.69) is 12.1 Å². The molecule has 9 heteroatoms. The van der Waals surface area contributed by atoms with Crippen LogP contribution >= 0.6 is 47.0 Å². The lowest BCUT2D eigenvalue weighted by molar-refractivity contribution is 0.154. The predicted octanol–water partition coefficient (Wildman–Crippen LogP) is 3.99. The molecule has 2 aliphatic heterocycles. The van der Waals surface area contributed by atoms with Gasteiger partial charge in [0.15, 0.2) is 0 Å². The summed E-state index contributed by atoms with van der Waals surface area (Å²) in [5.74, 6) is 3.93. The van der Waals surface area contributed by atoms with Gasteiger partial charge >= 0.3 is 10.6 Å². The van der Waals surface area contributed by atoms with Gasteiger partial charge in [-0.3, -0.25) is 0 Å². The van der Waals surface area contributed by atoms with E-state index in [1.165, 1.54) is 28.4 Å². The summed E-state index contributed by atoms with van der Waals surface area (Å²) in [4.78, 5) is 22.6. The Morgan fingerprint density at radius 2 is 1.60 bits per heavy atom. The van der Waals surface area contributed by atoms with Crippen LogP contribution in [0.5, 0.6) is 0 Å². The number of carbonyl (C=O) groups excluding carboxylic acids is 2. The second kappa shape index (κ2) is 12.0. The Morgan fingerprint density at radius 3 is 2.12 bits per heavy atom. The molecule has 5 nitrogen and oxygen atoms in total. The van der Waals surface area contributed by atoms with Crippen molar-refractivity contribution < 1.29 is 24.2 Å². The van der Waals surface area contributed by atoms with Crippen molar-refractivity contribution in [1.29, 1.82) is 0 Å². The third kappa shape index (κ3) is 8.63. The zero-order chi connectivity index (χ0) is 17.9. The van der Waals surface area contributed by atoms with Crippen LogP contribution in [0, 0.1) is 0 Å². The first-order valence-electron chi connectivity index (χ1n) is 7.70. The standard InChI is InChI=1S/C10H10O2S2.C6H10O3S2/c11-10-12-8(7-14-10)6-13-9-4-2-1-3-5-9;7-1-2-10-3-5-4-11-6(8)9-5/h1-5,8H,6-7H2;5,7H,1-4H2. The number of carbonyl (C=O) groups is 2. The van der Waals surface area contributed by atoms with Gasteiger partial charge in [-0.05, 0) is 35.7 Å². The lowest BCUT2D eigenvalue weighted by atomic mass is 10.4. The van der Waals surface area contributed by atoms with Crippen molar-refractivity contribution in [3.63, 3.8) is 0 Å². The number of thioether (sulfide) groups is 4. The monoisotopic (exact) mass is 420 g/mol. The number of benzene rings is 1. The molecule has 2 unspecified atom stereocenters. The Hall–Kier alpha value is -0.480. The minimum absolute atomic E-state index is 0.0593. The van der Waals surface area contributed by atoms with Crippen molar-refractivity contribution in [3.8, 4) is 0 Å². The van der Waals surface area contributed by atoms with E-state index in [4.69, 9.17) is 14.6 Å². The Balaban J connectivity index is 0.000000186. The molecule has 1 aromatic rings. The molecule has 138 valence electrons. The van der Waals surface area contributed by atoms with Crippen LogP contribution in [-0.2, 0) is 9.47 Å². The lowest BCUT2D eigenvalue weighted by Crippen LogP contribution is -2.13. The Kier molecular flexibility index (Phi) is 10.0. The Bertz CT molecular complexity index is 543. The van der Waals surface area contributed by atoms with Crippen molar-refractivity contribution in [3.05, 3.63) is 30.3 Å². The summed E-state index contributed by atoms with van der Waals surface area (Å²) in [5.41, 5.74) is 0. The molecular formula is C16H20O5S4. The largest absolute Gasteiger partial charge is 0.452 e. The Morgan fingerprint density at radius 1 is 1.00 bits per heavy atom. The van der Waals surface area contributed by atoms with E-state index in [9.17, 15) is 9.59 Å². The molecule has 2 heterocycles. The highest BCUT2D eigenvalue weighted by molar-refractivity contribution is 8.13. The predicted molar refractivity (Wildman–Crippen MR) is 107 cm³/mol. The van der Waals surface area contributed by atoms with E-state index in [1.807, 2.05) is 18.2 Å². The summed E-state index contributed by atoms with van der Waals surface area (Å²) in [7, 11) is 0. The first-order chi connectivity index (χ1) is 12.2. The van der Waals surface area contributed by atoms with E-state index in [0.717, 1.165) is 28.8 Å². The lowest BCUT2D eigenvalue weighted by Gasteiger charge is -2.06. The Labute approximate surface area is 164 Å². The molecule has 0 bridgehead atoms. The fraction of sp³-hybridized carbons (Fsp3) is 0.500. The molecular weight excluding hydrogens is 400 g/mol. The van der Waals surface area contributed by atoms with Gasteiger partial charge in [0, 0.05) is 33.7 Å². The number of cyclic esters (lactones) is 2. The van der Waals surface area contributed by atoms with Crippen LogP contribution in [0.3, 0.4) is 0 Å². The summed E-state index contributed by atoms with van der Waals surface area (Å²) < 4.78 is 10.0. The maximum Gasteiger partial charge on any atom is 0.367 e. The van der Waals surface area contributed by atoms with Gasteiger partial charge in [0.2, 0.25) is 0 Å². The molecule has 25 heavy (non-hydrogen) atoms. The number of aliphatic hydroxyl groups is 1. The molecule has 2 fully saturated rings. The number of hydrogen-bond donors (Lipinski definition) is 1. The van der Waals surface area contributed by atoms with Crippen LogP contribution in [-0.4, -0.2) is 63.3 Å². The highest BCUT2D eigenvalue weighted by Crippen LogP contribution is 2.26. The first-order valence-corrected chi connectivity index (χ1v) is 11.8. The van der Waals surface area contributed by atoms with Gasteiger partial charge in [-0.25, -0.2) is 9.59 Å². The summed E-state index contributed by atoms with van der Waals surface area (Å²) in [6.45, 7) is 0.193. The number of ether oxygens (including phenoxy) is 2. The van der Waals surface area contributed by atoms with Crippen LogP contribution in [0.1, 0.15) is 0 Å². The highest BCUT2D eigenvalue weighted by Gasteiger charge is 2.24. The van der Waals surface area contributed by atoms with Crippen molar-refractivity contribution >= 4 is 57.7 Å². The van der Waals surface area contributed by atoms with Crippen LogP contribution < -0.4 is 0 Å². The summed E-state index contributed by atoms with van der Waals surface area (Å²) in [5, 5.41) is 8.16. The molecule has 0 aromatic heterocycles. The minimum Gasteiger partial charge on any atom is -0.452 e. The average Bonchev–Trinajstić information content (AvgIpc) is 3.23. The van der Waals surface area contributed by atoms with Gasteiger partial charge in [0.1, 0.15) is 12.2 Å². The van der Waals surface area contributed by atoms with E-state index >= 15 is 0 Å². The fourth-order valence-corrected chi connectivity index (χ4v) is 5.26. The number of hydrogen-bond acceptors (Lipinski definition) is 9. The second-order valence-electron chi connectivity index (χ2n) is 5.02. The summed E-state index contributed by atoms with van der Waals surface area (Å²) in [6.07, 6.45) is 0.141. The van der Waals surface area contributed by atoms with Gasteiger partial charge in [-0.2, -0.15) is 11.8 Å². The molecule has 2 atom stereocenters. The van der Waals surface area contributed by atoms with E-state index in [-0.39, 0.29) is 29.4 Å². The van der Waals surface area contributed by atoms with Crippen molar-refractivity contribution in [2.45, 2.75) is 17.1 Å². The topological polar surface area (TPSA) is 72.8 Å². The molecule has 2 aliphatic rings. The van der Waals surface area contributed by atoms with Crippen LogP contribution in [0.2, 0.25) is 0 Å². The van der Waals surface area contributed by atoms with Crippen molar-refractivity contribution in [2.75, 3.05) is 35.4 Å². The summed E-state index contributed by atoms with van der Waals surface area (Å²) >= 11 is 5.83. The number of aliphatic hydroxyl groups excluding tert-OH is 1. The smallest absolute Gasteiger partial charge is 0.367 e. The average molecular weight is 421 g/mol. The molecule has 0 aliphatic carbocycles. The second-order valence-corrected chi connectivity index (χ2v) is 9.18. The molecule has 0 radical (unpaired) electrons. The third-order valence-electron chi connectivity index (χ3n) is 3.02. The normalized spacial score (nSPS) is 22.1. The van der Waals surface area contributed by atoms with Crippen LogP contribution in [0.25, 0.3) is 0 Å². The zero-order valence-corrected chi connectivity index (χ0v) is 16.8. The molecule has 0 spiro atoms. The zero-order valence-electron chi connectivity index (χ0n) is 13.5. The fourth-order valence-electron chi connectivity index (χ4n) is 1.88. The SMILES string of the molecule is O=C1OC(CSCCO)CS1.O=C1OC(CSc2ccccc2)CS1. The third-order valence-corrected chi connectivity index (χ3v) is 6.98. The minimum atomic E-state index is -0.167. The van der Waals surface area contributed by atoms with Gasteiger partial charge in [-0.15, -0.1) is 11.8 Å². The maximum absolute atomic E-state index is 10.8. The van der Waals surface area contributed by atoms with Crippen molar-refractivity contribution in [1.82, 2.24) is 0 Å². The van der Waals surface area contributed by atoms with Gasteiger partial charge in [0.25, 0.3) is 0 Å². The molecule has 1 N–H and O–H groups in total. The van der Waals surface area contributed by atoms with Gasteiger partial charge < -0.3 is 14.6 Å². The van der Waals surface area contributed by atoms with Crippen LogP contribution in [0.4, 0.5) is 9.59 Å². The molecule has 2 saturated heterocycles. The van der Waals surface area contributed by atoms with E-state index in [1.54, 1.807) is 23.5 Å². The molecule has 0 saturated carbocycles. The number of rotatable bonds is 7. The molecule has 1 aromatic carbocycles. The van der Waals surface area contributed by atoms with Gasteiger partial charge in [-0.1, -0.05) is 18.2 Å². The van der Waals surface area contributed by atoms with Gasteiger partial charge in [0.05, 0.1) is 6.61 Å². The highest BCUT2D eigenvalue weighted by atomic mass is 32.2. The van der Waals surface area contributed by atoms with Crippen LogP contribution in [0.15, 0.2) is 35.2 Å². The van der Waals surface area contributed by atoms with E-state index < -0.39 is 0 Å². The van der Waals surface area contributed by atoms with Crippen molar-refractivity contribution in [2.24, 2.45) is 0 Å². The first kappa shape index (κ1) is 20.8. The summed E-state index contributed by atoms with van der Waals surface area (Å²) in [6, 6.07) is 10.1. The maximum atomic E-state index is 10.8. The quantitative estimate of drug-likeness (QED) is 0.400. The van der Waals surface area contributed by atoms with E-state index in [0.29, 0.717) is 0 Å². The molecule has 3 rings (SSSR count). The molecule has 0 amide bonds.